The fraction of sp³-hybridized carbons (Fsp3) is 0.536. The second-order valence-electron chi connectivity index (χ2n) is 10.5. The number of nitrogens with zero attached hydrogens (tertiary/aromatic N) is 3. The third kappa shape index (κ3) is 8.21. The number of pyridine rings is 1. The van der Waals surface area contributed by atoms with Crippen molar-refractivity contribution >= 4 is 17.4 Å². The van der Waals surface area contributed by atoms with Crippen LogP contribution in [0.2, 0.25) is 0 Å². The lowest BCUT2D eigenvalue weighted by Crippen LogP contribution is -2.43. The van der Waals surface area contributed by atoms with Gasteiger partial charge in [0.25, 0.3) is 5.91 Å². The lowest BCUT2D eigenvalue weighted by molar-refractivity contribution is -0.121. The second-order valence-corrected chi connectivity index (χ2v) is 10.5. The number of amides is 2. The lowest BCUT2D eigenvalue weighted by atomic mass is 9.97. The first-order valence-corrected chi connectivity index (χ1v) is 12.8. The minimum absolute atomic E-state index is 0.139. The van der Waals surface area contributed by atoms with Gasteiger partial charge in [-0.25, -0.2) is 8.78 Å². The third-order valence-corrected chi connectivity index (χ3v) is 6.75. The Morgan fingerprint density at radius 2 is 1.92 bits per heavy atom. The van der Waals surface area contributed by atoms with Crippen LogP contribution in [0, 0.1) is 5.92 Å². The van der Waals surface area contributed by atoms with E-state index in [2.05, 4.69) is 16.5 Å². The molecule has 0 bridgehead atoms. The first kappa shape index (κ1) is 28.5. The molecule has 2 fully saturated rings. The number of piperidine rings is 1. The monoisotopic (exact) mass is 516 g/mol. The van der Waals surface area contributed by atoms with Crippen LogP contribution < -0.4 is 5.73 Å². The van der Waals surface area contributed by atoms with Gasteiger partial charge in [-0.2, -0.15) is 0 Å². The van der Waals surface area contributed by atoms with Gasteiger partial charge in [0.2, 0.25) is 5.91 Å². The van der Waals surface area contributed by atoms with Gasteiger partial charge in [-0.3, -0.25) is 14.6 Å². The number of aromatic nitrogens is 1. The molecule has 9 heteroatoms. The molecule has 0 spiro atoms. The van der Waals surface area contributed by atoms with Crippen molar-refractivity contribution in [2.45, 2.75) is 58.2 Å². The van der Waals surface area contributed by atoms with Gasteiger partial charge < -0.3 is 20.3 Å². The van der Waals surface area contributed by atoms with E-state index >= 15 is 0 Å². The molecule has 2 N–H and O–H groups in total. The first-order valence-electron chi connectivity index (χ1n) is 12.8. The summed E-state index contributed by atoms with van der Waals surface area (Å²) in [4.78, 5) is 32.2. The molecule has 2 saturated heterocycles. The summed E-state index contributed by atoms with van der Waals surface area (Å²) in [6, 6.07) is 2.69. The topological polar surface area (TPSA) is 88.8 Å². The second kappa shape index (κ2) is 12.4. The van der Waals surface area contributed by atoms with Gasteiger partial charge >= 0.3 is 0 Å². The number of primary amides is 1. The fourth-order valence-corrected chi connectivity index (χ4v) is 4.75. The van der Waals surface area contributed by atoms with Crippen molar-refractivity contribution < 1.29 is 23.1 Å². The van der Waals surface area contributed by atoms with Crippen LogP contribution in [0.15, 0.2) is 48.6 Å². The molecule has 2 aliphatic heterocycles. The molecule has 202 valence electrons. The lowest BCUT2D eigenvalue weighted by Gasteiger charge is -2.34. The van der Waals surface area contributed by atoms with Crippen LogP contribution in [-0.2, 0) is 9.53 Å². The summed E-state index contributed by atoms with van der Waals surface area (Å²) in [5.41, 5.74) is 5.65. The summed E-state index contributed by atoms with van der Waals surface area (Å²) in [5, 5.41) is 0. The largest absolute Gasteiger partial charge is 0.491 e. The number of nitrogens with two attached hydrogens (primary N) is 1. The molecule has 0 aromatic carbocycles. The Kier molecular flexibility index (Phi) is 9.59. The quantitative estimate of drug-likeness (QED) is 0.367. The van der Waals surface area contributed by atoms with E-state index in [1.165, 1.54) is 18.0 Å². The van der Waals surface area contributed by atoms with E-state index in [1.54, 1.807) is 38.1 Å². The molecular weight excluding hydrogens is 478 g/mol. The average Bonchev–Trinajstić information content (AvgIpc) is 3.34. The fourth-order valence-electron chi connectivity index (χ4n) is 4.75. The summed E-state index contributed by atoms with van der Waals surface area (Å²) in [6.07, 6.45) is 7.74. The summed E-state index contributed by atoms with van der Waals surface area (Å²) in [5.74, 6) is -0.862. The van der Waals surface area contributed by atoms with Crippen LogP contribution in [0.5, 0.6) is 0 Å². The van der Waals surface area contributed by atoms with Crippen molar-refractivity contribution in [3.63, 3.8) is 0 Å². The van der Waals surface area contributed by atoms with Crippen molar-refractivity contribution in [1.82, 2.24) is 14.8 Å². The van der Waals surface area contributed by atoms with E-state index < -0.39 is 23.4 Å². The van der Waals surface area contributed by atoms with Crippen molar-refractivity contribution in [3.05, 3.63) is 59.9 Å². The number of halogens is 2. The Morgan fingerprint density at radius 3 is 2.49 bits per heavy atom. The van der Waals surface area contributed by atoms with Crippen molar-refractivity contribution in [2.75, 3.05) is 32.8 Å². The summed E-state index contributed by atoms with van der Waals surface area (Å²) < 4.78 is 33.8. The molecule has 2 aliphatic rings. The molecule has 0 unspecified atom stereocenters. The van der Waals surface area contributed by atoms with E-state index in [0.29, 0.717) is 37.3 Å². The van der Waals surface area contributed by atoms with Gasteiger partial charge in [-0.05, 0) is 88.7 Å². The van der Waals surface area contributed by atoms with Gasteiger partial charge in [-0.1, -0.05) is 18.7 Å². The van der Waals surface area contributed by atoms with E-state index in [0.717, 1.165) is 32.4 Å². The number of hydrogen-bond acceptors (Lipinski definition) is 5. The van der Waals surface area contributed by atoms with Crippen LogP contribution in [0.1, 0.15) is 62.5 Å². The van der Waals surface area contributed by atoms with Gasteiger partial charge in [0.15, 0.2) is 0 Å². The van der Waals surface area contributed by atoms with Crippen molar-refractivity contribution in [2.24, 2.45) is 11.7 Å². The zero-order valence-electron chi connectivity index (χ0n) is 22.0. The molecule has 1 aromatic rings. The molecule has 3 heterocycles. The predicted molar refractivity (Wildman–Crippen MR) is 140 cm³/mol. The number of carbonyl (C=O) groups is 2. The van der Waals surface area contributed by atoms with Crippen LogP contribution in [0.4, 0.5) is 8.78 Å². The normalized spacial score (nSPS) is 20.2. The molecule has 3 rings (SSSR count). The molecular formula is C28H38F2N4O3. The third-order valence-electron chi connectivity index (χ3n) is 6.75. The molecule has 0 radical (unpaired) electrons. The zero-order valence-corrected chi connectivity index (χ0v) is 22.0. The van der Waals surface area contributed by atoms with Crippen LogP contribution in [0.3, 0.4) is 0 Å². The molecule has 1 aromatic heterocycles. The SMILES string of the molecule is C=C(/C=C\C(OCC1CCN(CC(C)(C)F)CC1)=C(/C)F)c1ccc(C(=O)N2CCC[C@H]2C(N)=O)nc1. The smallest absolute Gasteiger partial charge is 0.273 e. The highest BCUT2D eigenvalue weighted by molar-refractivity contribution is 5.96. The first-order chi connectivity index (χ1) is 17.4. The van der Waals surface area contributed by atoms with E-state index in [9.17, 15) is 18.4 Å². The summed E-state index contributed by atoms with van der Waals surface area (Å²) in [6.45, 7) is 11.4. The Balaban J connectivity index is 1.53. The van der Waals surface area contributed by atoms with Gasteiger partial charge in [-0.15, -0.1) is 0 Å². The maximum Gasteiger partial charge on any atom is 0.273 e. The average molecular weight is 517 g/mol. The minimum Gasteiger partial charge on any atom is -0.491 e. The Labute approximate surface area is 218 Å². The number of ether oxygens (including phenoxy) is 1. The summed E-state index contributed by atoms with van der Waals surface area (Å²) in [7, 11) is 0. The molecule has 1 atom stereocenters. The molecule has 0 saturated carbocycles. The Morgan fingerprint density at radius 1 is 1.22 bits per heavy atom. The number of allylic oxidation sites excluding steroid dienone is 4. The molecule has 7 nitrogen and oxygen atoms in total. The van der Waals surface area contributed by atoms with Gasteiger partial charge in [0.1, 0.15) is 29.0 Å². The maximum absolute atomic E-state index is 14.1. The van der Waals surface area contributed by atoms with Crippen molar-refractivity contribution in [1.29, 1.82) is 0 Å². The highest BCUT2D eigenvalue weighted by atomic mass is 19.1. The zero-order chi connectivity index (χ0) is 27.2. The van der Waals surface area contributed by atoms with E-state index in [-0.39, 0.29) is 23.3 Å². The molecule has 0 aliphatic carbocycles. The number of hydrogen-bond donors (Lipinski definition) is 1. The van der Waals surface area contributed by atoms with Gasteiger partial charge in [0, 0.05) is 19.3 Å². The van der Waals surface area contributed by atoms with E-state index in [4.69, 9.17) is 10.5 Å². The Hall–Kier alpha value is -3.07. The number of rotatable bonds is 10. The number of likely N-dealkylation sites (tertiary alicyclic amines) is 2. The standard InChI is InChI=1S/C28H38F2N4O3/c1-19(22-8-9-23(32-16-22)27(36)34-13-5-6-24(34)26(31)35)7-10-25(20(2)29)37-17-21-11-14-33(15-12-21)18-28(3,4)30/h7-10,16,21,24H,1,5-6,11-15,17-18H2,2-4H3,(H2,31,35)/b10-7-,25-20-/t24-/m0/s1. The maximum atomic E-state index is 14.1. The highest BCUT2D eigenvalue weighted by Crippen LogP contribution is 2.24. The summed E-state index contributed by atoms with van der Waals surface area (Å²) >= 11 is 0. The highest BCUT2D eigenvalue weighted by Gasteiger charge is 2.33. The molecule has 2 amide bonds. The van der Waals surface area contributed by atoms with Gasteiger partial charge in [0.05, 0.1) is 6.61 Å². The Bertz CT molecular complexity index is 1030. The van der Waals surface area contributed by atoms with E-state index in [1.807, 2.05) is 0 Å². The number of carbonyl (C=O) groups excluding carboxylic acids is 2. The predicted octanol–water partition coefficient (Wildman–Crippen LogP) is 4.42. The minimum atomic E-state index is -1.22. The van der Waals surface area contributed by atoms with Crippen LogP contribution >= 0.6 is 0 Å². The molecule has 37 heavy (non-hydrogen) atoms. The van der Waals surface area contributed by atoms with Crippen LogP contribution in [0.25, 0.3) is 5.57 Å². The van der Waals surface area contributed by atoms with Crippen LogP contribution in [-0.4, -0.2) is 71.1 Å². The number of alkyl halides is 1. The van der Waals surface area contributed by atoms with Crippen molar-refractivity contribution in [3.8, 4) is 0 Å².